The van der Waals surface area contributed by atoms with Gasteiger partial charge in [-0.2, -0.15) is 0 Å². The van der Waals surface area contributed by atoms with Crippen molar-refractivity contribution in [2.45, 2.75) is 46.2 Å². The largest absolute Gasteiger partial charge is 0.547 e. The Hall–Kier alpha value is -0.486. The Kier molecular flexibility index (Phi) is 4.87. The van der Waals surface area contributed by atoms with Gasteiger partial charge in [0.05, 0.1) is 11.5 Å². The van der Waals surface area contributed by atoms with Crippen LogP contribution in [0.4, 0.5) is 0 Å². The molecule has 0 atom stereocenters. The smallest absolute Gasteiger partial charge is 0.242 e. The maximum absolute atomic E-state index is 5.80. The molecule has 0 aliphatic rings. The van der Waals surface area contributed by atoms with Gasteiger partial charge in [0.15, 0.2) is 0 Å². The Morgan fingerprint density at radius 1 is 0.933 bits per heavy atom. The van der Waals surface area contributed by atoms with Crippen molar-refractivity contribution in [2.75, 3.05) is 0 Å². The molecule has 0 spiro atoms. The first kappa shape index (κ1) is 14.5. The fourth-order valence-electron chi connectivity index (χ4n) is 1.16. The molecule has 0 amide bonds. The lowest BCUT2D eigenvalue weighted by Crippen LogP contribution is -2.25. The molecule has 0 saturated heterocycles. The minimum atomic E-state index is -1.53. The van der Waals surface area contributed by atoms with Crippen LogP contribution >= 0.6 is 0 Å². The van der Waals surface area contributed by atoms with Gasteiger partial charge in [-0.25, -0.2) is 0 Å². The van der Waals surface area contributed by atoms with Crippen molar-refractivity contribution in [3.63, 3.8) is 0 Å². The minimum Gasteiger partial charge on any atom is -0.547 e. The molecule has 0 aromatic heterocycles. The second-order valence-corrected chi connectivity index (χ2v) is 14.5. The Morgan fingerprint density at radius 3 is 1.67 bits per heavy atom. The van der Waals surface area contributed by atoms with Crippen molar-refractivity contribution in [3.8, 4) is 0 Å². The molecule has 88 valence electrons. The van der Waals surface area contributed by atoms with Gasteiger partial charge in [0, 0.05) is 6.08 Å². The standard InChI is InChI=1S/C11H24O2Si2/c1-10(12-14(3,4)5)9-11(2)13-15(6,7)8/h9H,1H2,2-8H3. The molecule has 0 fully saturated rings. The highest BCUT2D eigenvalue weighted by molar-refractivity contribution is 6.70. The van der Waals surface area contributed by atoms with Crippen LogP contribution in [0.25, 0.3) is 0 Å². The summed E-state index contributed by atoms with van der Waals surface area (Å²) in [6, 6.07) is 0. The van der Waals surface area contributed by atoms with E-state index < -0.39 is 16.6 Å². The third-order valence-corrected chi connectivity index (χ3v) is 3.08. The first-order valence-corrected chi connectivity index (χ1v) is 12.1. The summed E-state index contributed by atoms with van der Waals surface area (Å²) in [5, 5.41) is 0. The molecular weight excluding hydrogens is 220 g/mol. The number of allylic oxidation sites excluding steroid dienone is 2. The predicted molar refractivity (Wildman–Crippen MR) is 71.8 cm³/mol. The molecule has 0 unspecified atom stereocenters. The quantitative estimate of drug-likeness (QED) is 0.412. The van der Waals surface area contributed by atoms with E-state index in [0.717, 1.165) is 5.76 Å². The van der Waals surface area contributed by atoms with Crippen LogP contribution in [-0.2, 0) is 8.85 Å². The molecule has 0 aromatic carbocycles. The first-order valence-electron chi connectivity index (χ1n) is 5.25. The van der Waals surface area contributed by atoms with Crippen molar-refractivity contribution in [2.24, 2.45) is 0 Å². The van der Waals surface area contributed by atoms with Crippen LogP contribution in [0, 0.1) is 0 Å². The summed E-state index contributed by atoms with van der Waals surface area (Å²) in [6.07, 6.45) is 1.89. The van der Waals surface area contributed by atoms with E-state index >= 15 is 0 Å². The van der Waals surface area contributed by atoms with Gasteiger partial charge < -0.3 is 8.85 Å². The Balaban J connectivity index is 4.31. The zero-order chi connectivity index (χ0) is 12.3. The summed E-state index contributed by atoms with van der Waals surface area (Å²) < 4.78 is 11.5. The van der Waals surface area contributed by atoms with Crippen LogP contribution in [0.2, 0.25) is 39.3 Å². The molecule has 0 rings (SSSR count). The van der Waals surface area contributed by atoms with Crippen molar-refractivity contribution >= 4 is 16.6 Å². The van der Waals surface area contributed by atoms with Crippen molar-refractivity contribution in [3.05, 3.63) is 24.2 Å². The van der Waals surface area contributed by atoms with E-state index in [1.807, 2.05) is 13.0 Å². The Morgan fingerprint density at radius 2 is 1.33 bits per heavy atom. The number of hydrogen-bond acceptors (Lipinski definition) is 2. The maximum Gasteiger partial charge on any atom is 0.242 e. The maximum atomic E-state index is 5.80. The molecule has 0 aromatic rings. The average Bonchev–Trinajstić information content (AvgIpc) is 1.73. The van der Waals surface area contributed by atoms with E-state index in [1.165, 1.54) is 0 Å². The van der Waals surface area contributed by atoms with Crippen LogP contribution in [0.3, 0.4) is 0 Å². The summed E-state index contributed by atoms with van der Waals surface area (Å²) in [6.45, 7) is 18.7. The van der Waals surface area contributed by atoms with Crippen LogP contribution in [0.5, 0.6) is 0 Å². The second-order valence-electron chi connectivity index (χ2n) is 5.65. The lowest BCUT2D eigenvalue weighted by molar-refractivity contribution is 0.406. The highest BCUT2D eigenvalue weighted by Gasteiger charge is 2.18. The predicted octanol–water partition coefficient (Wildman–Crippen LogP) is 4.11. The third kappa shape index (κ3) is 9.81. The molecule has 15 heavy (non-hydrogen) atoms. The zero-order valence-corrected chi connectivity index (χ0v) is 13.1. The lowest BCUT2D eigenvalue weighted by Gasteiger charge is -2.22. The van der Waals surface area contributed by atoms with E-state index in [-0.39, 0.29) is 0 Å². The molecule has 0 aliphatic carbocycles. The molecule has 0 bridgehead atoms. The van der Waals surface area contributed by atoms with Crippen LogP contribution in [0.15, 0.2) is 24.2 Å². The molecular formula is C11H24O2Si2. The van der Waals surface area contributed by atoms with E-state index in [4.69, 9.17) is 8.85 Å². The Labute approximate surface area is 96.2 Å². The fraction of sp³-hybridized carbons (Fsp3) is 0.636. The van der Waals surface area contributed by atoms with E-state index in [0.29, 0.717) is 5.76 Å². The Bertz CT molecular complexity index is 257. The monoisotopic (exact) mass is 244 g/mol. The van der Waals surface area contributed by atoms with E-state index in [9.17, 15) is 0 Å². The highest BCUT2D eigenvalue weighted by Crippen LogP contribution is 2.15. The van der Waals surface area contributed by atoms with E-state index in [2.05, 4.69) is 45.9 Å². The molecule has 2 nitrogen and oxygen atoms in total. The SMILES string of the molecule is C=C(C=C(C)O[Si](C)(C)C)O[Si](C)(C)C. The normalized spacial score (nSPS) is 13.7. The van der Waals surface area contributed by atoms with Gasteiger partial charge in [-0.05, 0) is 46.2 Å². The molecule has 4 heteroatoms. The van der Waals surface area contributed by atoms with Gasteiger partial charge in [0.2, 0.25) is 16.6 Å². The molecule has 0 saturated carbocycles. The van der Waals surface area contributed by atoms with Crippen molar-refractivity contribution < 1.29 is 8.85 Å². The van der Waals surface area contributed by atoms with E-state index in [1.54, 1.807) is 0 Å². The van der Waals surface area contributed by atoms with Gasteiger partial charge in [-0.3, -0.25) is 0 Å². The summed E-state index contributed by atoms with van der Waals surface area (Å²) >= 11 is 0. The summed E-state index contributed by atoms with van der Waals surface area (Å²) in [5.41, 5.74) is 0. The van der Waals surface area contributed by atoms with Crippen LogP contribution in [0.1, 0.15) is 6.92 Å². The zero-order valence-electron chi connectivity index (χ0n) is 11.1. The van der Waals surface area contributed by atoms with Crippen LogP contribution in [-0.4, -0.2) is 16.6 Å². The third-order valence-electron chi connectivity index (χ3n) is 1.27. The molecule has 0 aliphatic heterocycles. The summed E-state index contributed by atoms with van der Waals surface area (Å²) in [7, 11) is -3.03. The summed E-state index contributed by atoms with van der Waals surface area (Å²) in [5.74, 6) is 1.61. The van der Waals surface area contributed by atoms with Gasteiger partial charge in [0.1, 0.15) is 0 Å². The molecule has 0 N–H and O–H groups in total. The van der Waals surface area contributed by atoms with Crippen LogP contribution < -0.4 is 0 Å². The second kappa shape index (κ2) is 5.03. The van der Waals surface area contributed by atoms with Crippen molar-refractivity contribution in [1.82, 2.24) is 0 Å². The highest BCUT2D eigenvalue weighted by atomic mass is 28.4. The minimum absolute atomic E-state index is 0.713. The topological polar surface area (TPSA) is 18.5 Å². The van der Waals surface area contributed by atoms with Gasteiger partial charge >= 0.3 is 0 Å². The average molecular weight is 244 g/mol. The van der Waals surface area contributed by atoms with Crippen molar-refractivity contribution in [1.29, 1.82) is 0 Å². The summed E-state index contributed by atoms with van der Waals surface area (Å²) in [4.78, 5) is 0. The number of hydrogen-bond donors (Lipinski definition) is 0. The first-order chi connectivity index (χ1) is 6.49. The van der Waals surface area contributed by atoms with Gasteiger partial charge in [0.25, 0.3) is 0 Å². The molecule has 0 radical (unpaired) electrons. The number of rotatable bonds is 5. The van der Waals surface area contributed by atoms with Gasteiger partial charge in [-0.15, -0.1) is 0 Å². The van der Waals surface area contributed by atoms with Gasteiger partial charge in [-0.1, -0.05) is 6.58 Å². The lowest BCUT2D eigenvalue weighted by atomic mass is 10.4. The molecule has 0 heterocycles. The fourth-order valence-corrected chi connectivity index (χ4v) is 3.03.